The number of amides is 1. The molecule has 0 saturated carbocycles. The Morgan fingerprint density at radius 1 is 1.32 bits per heavy atom. The third-order valence-electron chi connectivity index (χ3n) is 3.42. The molecule has 19 heavy (non-hydrogen) atoms. The molecule has 3 rings (SSSR count). The average molecular weight is 260 g/mol. The Labute approximate surface area is 109 Å². The minimum absolute atomic E-state index is 0.0114. The van der Waals surface area contributed by atoms with Gasteiger partial charge in [0.2, 0.25) is 0 Å². The molecule has 0 bridgehead atoms. The lowest BCUT2D eigenvalue weighted by Crippen LogP contribution is -2.51. The van der Waals surface area contributed by atoms with Gasteiger partial charge in [0.25, 0.3) is 5.91 Å². The van der Waals surface area contributed by atoms with Crippen molar-refractivity contribution in [3.63, 3.8) is 0 Å². The third kappa shape index (κ3) is 2.26. The number of hydrogen-bond acceptors (Lipinski definition) is 3. The minimum atomic E-state index is -0.254. The highest BCUT2D eigenvalue weighted by molar-refractivity contribution is 5.97. The van der Waals surface area contributed by atoms with Crippen molar-refractivity contribution < 1.29 is 4.79 Å². The van der Waals surface area contributed by atoms with Crippen molar-refractivity contribution in [1.82, 2.24) is 20.2 Å². The normalized spacial score (nSPS) is 19.8. The molecule has 1 aliphatic heterocycles. The Morgan fingerprint density at radius 3 is 2.89 bits per heavy atom. The highest BCUT2D eigenvalue weighted by Crippen LogP contribution is 2.13. The molecule has 1 saturated heterocycles. The summed E-state index contributed by atoms with van der Waals surface area (Å²) in [7, 11) is 0. The van der Waals surface area contributed by atoms with Gasteiger partial charge >= 0.3 is 5.69 Å². The zero-order valence-corrected chi connectivity index (χ0v) is 10.7. The number of benzene rings is 1. The van der Waals surface area contributed by atoms with Crippen molar-refractivity contribution in [2.24, 2.45) is 0 Å². The monoisotopic (exact) mass is 260 g/mol. The highest BCUT2D eigenvalue weighted by atomic mass is 16.2. The van der Waals surface area contributed by atoms with Crippen molar-refractivity contribution in [1.29, 1.82) is 0 Å². The van der Waals surface area contributed by atoms with E-state index in [4.69, 9.17) is 0 Å². The number of aromatic nitrogens is 2. The molecule has 1 aromatic carbocycles. The van der Waals surface area contributed by atoms with Gasteiger partial charge in [0.05, 0.1) is 11.0 Å². The fourth-order valence-corrected chi connectivity index (χ4v) is 2.46. The van der Waals surface area contributed by atoms with Crippen LogP contribution >= 0.6 is 0 Å². The summed E-state index contributed by atoms with van der Waals surface area (Å²) in [6, 6.07) is 5.55. The van der Waals surface area contributed by atoms with Gasteiger partial charge in [-0.25, -0.2) is 4.79 Å². The lowest BCUT2D eigenvalue weighted by Gasteiger charge is -2.31. The van der Waals surface area contributed by atoms with E-state index in [0.717, 1.165) is 12.1 Å². The Morgan fingerprint density at radius 2 is 2.11 bits per heavy atom. The zero-order valence-electron chi connectivity index (χ0n) is 10.7. The van der Waals surface area contributed by atoms with E-state index >= 15 is 0 Å². The van der Waals surface area contributed by atoms with Crippen LogP contribution in [0.3, 0.4) is 0 Å². The van der Waals surface area contributed by atoms with Gasteiger partial charge in [0, 0.05) is 31.2 Å². The van der Waals surface area contributed by atoms with E-state index in [1.165, 1.54) is 0 Å². The zero-order chi connectivity index (χ0) is 13.4. The van der Waals surface area contributed by atoms with Crippen LogP contribution in [0, 0.1) is 0 Å². The van der Waals surface area contributed by atoms with Gasteiger partial charge < -0.3 is 20.2 Å². The number of imidazole rings is 1. The number of nitrogens with zero attached hydrogens (tertiary/aromatic N) is 1. The summed E-state index contributed by atoms with van der Waals surface area (Å²) in [4.78, 5) is 30.8. The molecule has 0 spiro atoms. The van der Waals surface area contributed by atoms with E-state index in [2.05, 4.69) is 22.2 Å². The maximum atomic E-state index is 12.4. The van der Waals surface area contributed by atoms with E-state index in [9.17, 15) is 9.59 Å². The number of hydrogen-bond donors (Lipinski definition) is 3. The Balaban J connectivity index is 1.90. The molecule has 1 aromatic heterocycles. The molecule has 0 radical (unpaired) electrons. The second kappa shape index (κ2) is 4.55. The number of carbonyl (C=O) groups excluding carboxylic acids is 1. The first-order chi connectivity index (χ1) is 9.13. The first-order valence-electron chi connectivity index (χ1n) is 6.38. The van der Waals surface area contributed by atoms with Gasteiger partial charge in [-0.15, -0.1) is 0 Å². The predicted molar refractivity (Wildman–Crippen MR) is 72.3 cm³/mol. The van der Waals surface area contributed by atoms with E-state index in [1.54, 1.807) is 18.2 Å². The summed E-state index contributed by atoms with van der Waals surface area (Å²) in [5.41, 5.74) is 1.74. The van der Waals surface area contributed by atoms with Crippen molar-refractivity contribution >= 4 is 16.9 Å². The molecule has 100 valence electrons. The van der Waals surface area contributed by atoms with E-state index < -0.39 is 0 Å². The number of piperazine rings is 1. The lowest BCUT2D eigenvalue weighted by atomic mass is 10.1. The molecular formula is C13H16N4O2. The van der Waals surface area contributed by atoms with E-state index in [1.807, 2.05) is 4.90 Å². The summed E-state index contributed by atoms with van der Waals surface area (Å²) in [6.45, 7) is 4.30. The molecule has 1 amide bonds. The summed E-state index contributed by atoms with van der Waals surface area (Å²) >= 11 is 0. The van der Waals surface area contributed by atoms with Gasteiger partial charge in [-0.3, -0.25) is 4.79 Å². The fraction of sp³-hybridized carbons (Fsp3) is 0.385. The summed E-state index contributed by atoms with van der Waals surface area (Å²) in [5.74, 6) is 0.0114. The van der Waals surface area contributed by atoms with Crippen LogP contribution in [0.2, 0.25) is 0 Å². The third-order valence-corrected chi connectivity index (χ3v) is 3.42. The van der Waals surface area contributed by atoms with Crippen LogP contribution in [-0.4, -0.2) is 46.5 Å². The van der Waals surface area contributed by atoms with Gasteiger partial charge in [-0.1, -0.05) is 0 Å². The molecule has 1 fully saturated rings. The number of aromatic amines is 2. The highest BCUT2D eigenvalue weighted by Gasteiger charge is 2.21. The van der Waals surface area contributed by atoms with Crippen LogP contribution in [0.1, 0.15) is 17.3 Å². The van der Waals surface area contributed by atoms with E-state index in [0.29, 0.717) is 30.2 Å². The number of rotatable bonds is 1. The van der Waals surface area contributed by atoms with Crippen molar-refractivity contribution in [3.05, 3.63) is 34.2 Å². The SMILES string of the molecule is CC1CN(C(=O)c2ccc3[nH]c(=O)[nH]c3c2)CCN1. The molecule has 6 nitrogen and oxygen atoms in total. The standard InChI is InChI=1S/C13H16N4O2/c1-8-7-17(5-4-14-8)12(18)9-2-3-10-11(6-9)16-13(19)15-10/h2-3,6,8,14H,4-5,7H2,1H3,(H2,15,16,19). The molecule has 2 aromatic rings. The number of nitrogens with one attached hydrogen (secondary N) is 3. The summed E-state index contributed by atoms with van der Waals surface area (Å²) < 4.78 is 0. The Bertz CT molecular complexity index is 673. The van der Waals surface area contributed by atoms with Crippen molar-refractivity contribution in [2.75, 3.05) is 19.6 Å². The predicted octanol–water partition coefficient (Wildman–Crippen LogP) is 0.290. The Hall–Kier alpha value is -2.08. The first kappa shape index (κ1) is 12.0. The second-order valence-electron chi connectivity index (χ2n) is 4.95. The number of H-pyrrole nitrogens is 2. The molecule has 1 atom stereocenters. The van der Waals surface area contributed by atoms with Crippen LogP contribution in [0.15, 0.2) is 23.0 Å². The van der Waals surface area contributed by atoms with Gasteiger partial charge in [0.15, 0.2) is 0 Å². The van der Waals surface area contributed by atoms with Gasteiger partial charge in [0.1, 0.15) is 0 Å². The molecule has 0 aliphatic carbocycles. The number of fused-ring (bicyclic) bond motifs is 1. The van der Waals surface area contributed by atoms with Crippen LogP contribution in [0.4, 0.5) is 0 Å². The lowest BCUT2D eigenvalue weighted by molar-refractivity contribution is 0.0709. The van der Waals surface area contributed by atoms with Crippen LogP contribution < -0.4 is 11.0 Å². The molecule has 6 heteroatoms. The molecule has 1 aliphatic rings. The average Bonchev–Trinajstić information content (AvgIpc) is 2.76. The quantitative estimate of drug-likeness (QED) is 0.689. The maximum Gasteiger partial charge on any atom is 0.323 e. The van der Waals surface area contributed by atoms with Crippen LogP contribution in [0.5, 0.6) is 0 Å². The van der Waals surface area contributed by atoms with E-state index in [-0.39, 0.29) is 11.6 Å². The maximum absolute atomic E-state index is 12.4. The summed E-state index contributed by atoms with van der Waals surface area (Å²) in [6.07, 6.45) is 0. The second-order valence-corrected chi connectivity index (χ2v) is 4.95. The minimum Gasteiger partial charge on any atom is -0.336 e. The smallest absolute Gasteiger partial charge is 0.323 e. The molecule has 2 heterocycles. The van der Waals surface area contributed by atoms with Crippen LogP contribution in [0.25, 0.3) is 11.0 Å². The van der Waals surface area contributed by atoms with Crippen LogP contribution in [-0.2, 0) is 0 Å². The largest absolute Gasteiger partial charge is 0.336 e. The molecular weight excluding hydrogens is 244 g/mol. The summed E-state index contributed by atoms with van der Waals surface area (Å²) in [5, 5.41) is 3.30. The van der Waals surface area contributed by atoms with Crippen molar-refractivity contribution in [2.45, 2.75) is 13.0 Å². The van der Waals surface area contributed by atoms with Gasteiger partial charge in [-0.2, -0.15) is 0 Å². The molecule has 1 unspecified atom stereocenters. The fourth-order valence-electron chi connectivity index (χ4n) is 2.46. The first-order valence-corrected chi connectivity index (χ1v) is 6.38. The van der Waals surface area contributed by atoms with Gasteiger partial charge in [-0.05, 0) is 25.1 Å². The topological polar surface area (TPSA) is 81.0 Å². The number of carbonyl (C=O) groups is 1. The molecule has 3 N–H and O–H groups in total. The Kier molecular flexibility index (Phi) is 2.87. The van der Waals surface area contributed by atoms with Crippen molar-refractivity contribution in [3.8, 4) is 0 Å².